The smallest absolute Gasteiger partial charge is 0.269 e. The number of hydrogen-bond donors (Lipinski definition) is 2. The van der Waals surface area contributed by atoms with E-state index in [2.05, 4.69) is 14.9 Å². The third-order valence-corrected chi connectivity index (χ3v) is 4.14. The zero-order valence-electron chi connectivity index (χ0n) is 12.9. The molecule has 6 heteroatoms. The summed E-state index contributed by atoms with van der Waals surface area (Å²) in [5, 5.41) is 6.99. The Morgan fingerprint density at radius 3 is 2.57 bits per heavy atom. The summed E-state index contributed by atoms with van der Waals surface area (Å²) >= 11 is 1.11. The molecule has 0 radical (unpaired) electrons. The van der Waals surface area contributed by atoms with E-state index in [1.54, 1.807) is 6.07 Å². The van der Waals surface area contributed by atoms with Crippen LogP contribution in [0, 0.1) is 13.8 Å². The molecule has 21 heavy (non-hydrogen) atoms. The number of nitrogens with one attached hydrogen (secondary N) is 1. The lowest BCUT2D eigenvalue weighted by atomic mass is 9.91. The van der Waals surface area contributed by atoms with Crippen LogP contribution >= 0.6 is 11.5 Å². The molecule has 0 spiro atoms. The Labute approximate surface area is 128 Å². The van der Waals surface area contributed by atoms with Gasteiger partial charge in [0.05, 0.1) is 17.1 Å². The van der Waals surface area contributed by atoms with Crippen LogP contribution in [-0.2, 0) is 5.41 Å². The van der Waals surface area contributed by atoms with Gasteiger partial charge in [0, 0.05) is 5.41 Å². The van der Waals surface area contributed by atoms with Crippen molar-refractivity contribution >= 4 is 28.8 Å². The summed E-state index contributed by atoms with van der Waals surface area (Å²) < 4.78 is 3.91. The molecule has 0 aliphatic carbocycles. The highest BCUT2D eigenvalue weighted by Gasteiger charge is 2.26. The molecule has 1 aromatic carbocycles. The molecule has 5 nitrogen and oxygen atoms in total. The van der Waals surface area contributed by atoms with Crippen LogP contribution in [0.2, 0.25) is 0 Å². The fraction of sp³-hybridized carbons (Fsp3) is 0.400. The molecule has 2 aromatic rings. The van der Waals surface area contributed by atoms with Crippen molar-refractivity contribution in [3.63, 3.8) is 0 Å². The third-order valence-electron chi connectivity index (χ3n) is 3.41. The molecule has 1 heterocycles. The van der Waals surface area contributed by atoms with Gasteiger partial charge in [0.15, 0.2) is 0 Å². The highest BCUT2D eigenvalue weighted by molar-refractivity contribution is 7.08. The summed E-state index contributed by atoms with van der Waals surface area (Å²) in [6.07, 6.45) is 0. The second-order valence-electron chi connectivity index (χ2n) is 6.13. The second-order valence-corrected chi connectivity index (χ2v) is 6.88. The van der Waals surface area contributed by atoms with Crippen LogP contribution in [0.5, 0.6) is 0 Å². The minimum absolute atomic E-state index is 0.213. The molecule has 1 aromatic heterocycles. The molecular weight excluding hydrogens is 284 g/mol. The Bertz CT molecular complexity index is 685. The van der Waals surface area contributed by atoms with Crippen molar-refractivity contribution in [2.45, 2.75) is 40.0 Å². The predicted octanol–water partition coefficient (Wildman–Crippen LogP) is 3.29. The maximum atomic E-state index is 12.5. The highest BCUT2D eigenvalue weighted by Crippen LogP contribution is 2.29. The first-order valence-corrected chi connectivity index (χ1v) is 7.49. The Morgan fingerprint density at radius 2 is 1.95 bits per heavy atom. The highest BCUT2D eigenvalue weighted by atomic mass is 32.1. The first-order chi connectivity index (χ1) is 9.71. The van der Waals surface area contributed by atoms with Gasteiger partial charge in [0.2, 0.25) is 0 Å². The van der Waals surface area contributed by atoms with E-state index in [0.29, 0.717) is 21.9 Å². The molecule has 0 aliphatic rings. The number of rotatable bonds is 2. The number of benzene rings is 1. The van der Waals surface area contributed by atoms with Crippen LogP contribution in [0.15, 0.2) is 12.1 Å². The number of amides is 1. The van der Waals surface area contributed by atoms with Gasteiger partial charge in [-0.2, -0.15) is 0 Å². The molecule has 0 saturated carbocycles. The van der Waals surface area contributed by atoms with Gasteiger partial charge in [-0.1, -0.05) is 31.3 Å². The number of nitrogen functional groups attached to an aromatic ring is 1. The molecule has 0 aliphatic heterocycles. The van der Waals surface area contributed by atoms with Crippen LogP contribution in [-0.4, -0.2) is 15.5 Å². The van der Waals surface area contributed by atoms with Crippen molar-refractivity contribution in [3.05, 3.63) is 33.8 Å². The summed E-state index contributed by atoms with van der Waals surface area (Å²) in [7, 11) is 0. The number of aromatic nitrogens is 2. The fourth-order valence-electron chi connectivity index (χ4n) is 2.00. The van der Waals surface area contributed by atoms with Crippen molar-refractivity contribution in [1.82, 2.24) is 9.59 Å². The number of hydrogen-bond acceptors (Lipinski definition) is 5. The van der Waals surface area contributed by atoms with Crippen LogP contribution < -0.4 is 11.1 Å². The summed E-state index contributed by atoms with van der Waals surface area (Å²) in [6.45, 7) is 9.95. The normalized spacial score (nSPS) is 11.5. The average molecular weight is 304 g/mol. The summed E-state index contributed by atoms with van der Waals surface area (Å²) in [5.41, 5.74) is 9.72. The summed E-state index contributed by atoms with van der Waals surface area (Å²) in [6, 6.07) is 3.74. The van der Waals surface area contributed by atoms with Gasteiger partial charge >= 0.3 is 0 Å². The summed E-state index contributed by atoms with van der Waals surface area (Å²) in [5.74, 6) is -0.213. The predicted molar refractivity (Wildman–Crippen MR) is 86.9 cm³/mol. The molecule has 0 bridgehead atoms. The molecule has 1 amide bonds. The van der Waals surface area contributed by atoms with Gasteiger partial charge < -0.3 is 11.1 Å². The standard InChI is InChI=1S/C15H20N4OS/c1-8-6-7-10(16)11(9(8)2)17-14(20)12-13(15(3,4)5)18-19-21-12/h6-7H,16H2,1-5H3,(H,17,20). The minimum Gasteiger partial charge on any atom is -0.397 e. The number of carbonyl (C=O) groups excluding carboxylic acids is 1. The Kier molecular flexibility index (Phi) is 4.00. The number of nitrogens with zero attached hydrogens (tertiary/aromatic N) is 2. The molecule has 0 atom stereocenters. The second kappa shape index (κ2) is 5.44. The van der Waals surface area contributed by atoms with E-state index in [1.165, 1.54) is 0 Å². The maximum absolute atomic E-state index is 12.5. The molecule has 2 rings (SSSR count). The van der Waals surface area contributed by atoms with Crippen molar-refractivity contribution in [1.29, 1.82) is 0 Å². The van der Waals surface area contributed by atoms with Gasteiger partial charge in [-0.05, 0) is 42.6 Å². The largest absolute Gasteiger partial charge is 0.397 e. The molecule has 0 saturated heterocycles. The molecule has 0 unspecified atom stereocenters. The van der Waals surface area contributed by atoms with E-state index in [4.69, 9.17) is 5.73 Å². The van der Waals surface area contributed by atoms with E-state index < -0.39 is 0 Å². The molecule has 0 fully saturated rings. The van der Waals surface area contributed by atoms with E-state index in [-0.39, 0.29) is 11.3 Å². The topological polar surface area (TPSA) is 80.9 Å². The maximum Gasteiger partial charge on any atom is 0.269 e. The van der Waals surface area contributed by atoms with Gasteiger partial charge in [-0.25, -0.2) is 0 Å². The van der Waals surface area contributed by atoms with Gasteiger partial charge in [0.25, 0.3) is 5.91 Å². The van der Waals surface area contributed by atoms with E-state index >= 15 is 0 Å². The van der Waals surface area contributed by atoms with Crippen LogP contribution in [0.4, 0.5) is 11.4 Å². The van der Waals surface area contributed by atoms with Crippen molar-refractivity contribution in [3.8, 4) is 0 Å². The van der Waals surface area contributed by atoms with Crippen molar-refractivity contribution in [2.24, 2.45) is 0 Å². The van der Waals surface area contributed by atoms with Gasteiger partial charge in [-0.3, -0.25) is 4.79 Å². The number of carbonyl (C=O) groups is 1. The van der Waals surface area contributed by atoms with Crippen LogP contribution in [0.1, 0.15) is 47.3 Å². The Hall–Kier alpha value is -1.95. The minimum atomic E-state index is -0.229. The number of anilines is 2. The van der Waals surface area contributed by atoms with E-state index in [1.807, 2.05) is 40.7 Å². The van der Waals surface area contributed by atoms with Crippen molar-refractivity contribution < 1.29 is 4.79 Å². The molecule has 112 valence electrons. The first kappa shape index (κ1) is 15.4. The lowest BCUT2D eigenvalue weighted by molar-refractivity contribution is 0.102. The van der Waals surface area contributed by atoms with E-state index in [0.717, 1.165) is 22.7 Å². The Morgan fingerprint density at radius 1 is 1.29 bits per heavy atom. The van der Waals surface area contributed by atoms with Crippen molar-refractivity contribution in [2.75, 3.05) is 11.1 Å². The molecule has 3 N–H and O–H groups in total. The summed E-state index contributed by atoms with van der Waals surface area (Å²) in [4.78, 5) is 13.1. The SMILES string of the molecule is Cc1ccc(N)c(NC(=O)c2snnc2C(C)(C)C)c1C. The zero-order chi connectivity index (χ0) is 15.8. The third kappa shape index (κ3) is 3.05. The monoisotopic (exact) mass is 304 g/mol. The van der Waals surface area contributed by atoms with Crippen LogP contribution in [0.25, 0.3) is 0 Å². The van der Waals surface area contributed by atoms with Gasteiger partial charge in [0.1, 0.15) is 4.88 Å². The fourth-order valence-corrected chi connectivity index (χ4v) is 2.77. The zero-order valence-corrected chi connectivity index (χ0v) is 13.8. The lowest BCUT2D eigenvalue weighted by Crippen LogP contribution is -2.20. The molecular formula is C15H20N4OS. The average Bonchev–Trinajstić information content (AvgIpc) is 2.88. The first-order valence-electron chi connectivity index (χ1n) is 6.71. The number of nitrogens with two attached hydrogens (primary N) is 1. The quantitative estimate of drug-likeness (QED) is 0.834. The van der Waals surface area contributed by atoms with E-state index in [9.17, 15) is 4.79 Å². The number of aryl methyl sites for hydroxylation is 1. The Balaban J connectivity index is 2.36. The van der Waals surface area contributed by atoms with Gasteiger partial charge in [-0.15, -0.1) is 5.10 Å². The van der Waals surface area contributed by atoms with Crippen LogP contribution in [0.3, 0.4) is 0 Å². The lowest BCUT2D eigenvalue weighted by Gasteiger charge is -2.17.